The highest BCUT2D eigenvalue weighted by molar-refractivity contribution is 5.66. The largest absolute Gasteiger partial charge is 0.459 e. The maximum Gasteiger partial charge on any atom is 0.303 e. The van der Waals surface area contributed by atoms with Crippen LogP contribution in [0.2, 0.25) is 0 Å². The molecule has 1 rings (SSSR count). The van der Waals surface area contributed by atoms with E-state index >= 15 is 0 Å². The van der Waals surface area contributed by atoms with Gasteiger partial charge in [-0.25, -0.2) is 0 Å². The number of hydrogen-bond acceptors (Lipinski definition) is 2. The predicted octanol–water partition coefficient (Wildman–Crippen LogP) is 3.79. The van der Waals surface area contributed by atoms with Gasteiger partial charge in [-0.2, -0.15) is 0 Å². The summed E-state index contributed by atoms with van der Waals surface area (Å²) in [6.07, 6.45) is 4.81. The molecule has 1 saturated carbocycles. The van der Waals surface area contributed by atoms with Crippen molar-refractivity contribution in [2.75, 3.05) is 0 Å². The van der Waals surface area contributed by atoms with Gasteiger partial charge in [0.2, 0.25) is 0 Å². The fraction of sp³-hybridized carbons (Fsp3) is 0.929. The summed E-state index contributed by atoms with van der Waals surface area (Å²) in [5, 5.41) is 0. The average Bonchev–Trinajstić information content (AvgIpc) is 2.62. The quantitative estimate of drug-likeness (QED) is 0.682. The molecule has 94 valence electrons. The van der Waals surface area contributed by atoms with Gasteiger partial charge < -0.3 is 4.74 Å². The number of carbonyl (C=O) groups is 1. The van der Waals surface area contributed by atoms with Crippen molar-refractivity contribution in [1.82, 2.24) is 0 Å². The molecule has 0 radical (unpaired) electrons. The van der Waals surface area contributed by atoms with Crippen LogP contribution >= 0.6 is 0 Å². The number of ether oxygens (including phenoxy) is 1. The second-order valence-corrected chi connectivity index (χ2v) is 5.73. The Balaban J connectivity index is 2.67. The van der Waals surface area contributed by atoms with Crippen molar-refractivity contribution < 1.29 is 9.53 Å². The summed E-state index contributed by atoms with van der Waals surface area (Å²) in [4.78, 5) is 11.2. The first-order chi connectivity index (χ1) is 7.39. The highest BCUT2D eigenvalue weighted by Gasteiger charge is 2.39. The molecule has 0 saturated heterocycles. The monoisotopic (exact) mass is 226 g/mol. The van der Waals surface area contributed by atoms with Crippen LogP contribution in [0.25, 0.3) is 0 Å². The molecule has 0 aromatic heterocycles. The van der Waals surface area contributed by atoms with Crippen LogP contribution in [0.15, 0.2) is 0 Å². The van der Waals surface area contributed by atoms with Crippen molar-refractivity contribution in [2.45, 2.75) is 65.9 Å². The Morgan fingerprint density at radius 2 is 2.12 bits per heavy atom. The molecular weight excluding hydrogens is 200 g/mol. The van der Waals surface area contributed by atoms with Crippen molar-refractivity contribution in [3.63, 3.8) is 0 Å². The lowest BCUT2D eigenvalue weighted by molar-refractivity contribution is -0.163. The summed E-state index contributed by atoms with van der Waals surface area (Å²) in [7, 11) is 0. The molecule has 0 N–H and O–H groups in total. The fourth-order valence-electron chi connectivity index (χ4n) is 3.02. The van der Waals surface area contributed by atoms with Crippen LogP contribution in [-0.2, 0) is 9.53 Å². The Hall–Kier alpha value is -0.530. The average molecular weight is 226 g/mol. The third-order valence-electron chi connectivity index (χ3n) is 4.48. The van der Waals surface area contributed by atoms with Gasteiger partial charge in [-0.05, 0) is 43.9 Å². The number of esters is 1. The topological polar surface area (TPSA) is 26.3 Å². The molecule has 2 heteroatoms. The Morgan fingerprint density at radius 1 is 1.50 bits per heavy atom. The van der Waals surface area contributed by atoms with Crippen LogP contribution in [0, 0.1) is 17.8 Å². The van der Waals surface area contributed by atoms with Gasteiger partial charge >= 0.3 is 5.97 Å². The fourth-order valence-corrected chi connectivity index (χ4v) is 3.02. The minimum atomic E-state index is -0.277. The molecule has 16 heavy (non-hydrogen) atoms. The van der Waals surface area contributed by atoms with Crippen molar-refractivity contribution in [1.29, 1.82) is 0 Å². The van der Waals surface area contributed by atoms with Crippen molar-refractivity contribution >= 4 is 5.97 Å². The normalized spacial score (nSPS) is 30.8. The second-order valence-electron chi connectivity index (χ2n) is 5.73. The van der Waals surface area contributed by atoms with Gasteiger partial charge in [0, 0.05) is 6.92 Å². The van der Waals surface area contributed by atoms with E-state index in [0.29, 0.717) is 5.92 Å². The zero-order chi connectivity index (χ0) is 12.3. The molecule has 0 heterocycles. The maximum atomic E-state index is 11.2. The zero-order valence-electron chi connectivity index (χ0n) is 11.4. The highest BCUT2D eigenvalue weighted by Crippen LogP contribution is 2.42. The molecule has 3 unspecified atom stereocenters. The van der Waals surface area contributed by atoms with Gasteiger partial charge in [-0.3, -0.25) is 4.79 Å². The maximum absolute atomic E-state index is 11.2. The second kappa shape index (κ2) is 5.20. The lowest BCUT2D eigenvalue weighted by Crippen LogP contribution is -2.40. The van der Waals surface area contributed by atoms with E-state index in [4.69, 9.17) is 4.74 Å². The van der Waals surface area contributed by atoms with Gasteiger partial charge in [-0.1, -0.05) is 27.2 Å². The van der Waals surface area contributed by atoms with E-state index in [-0.39, 0.29) is 11.6 Å². The standard InChI is InChI=1S/C14H26O2/c1-6-14(5,16-12(4)15)11(3)13-8-7-10(2)9-13/h10-11,13H,6-9H2,1-5H3/t10?,11-,13?,14?/m1/s1. The highest BCUT2D eigenvalue weighted by atomic mass is 16.6. The Bertz CT molecular complexity index is 249. The molecule has 2 nitrogen and oxygen atoms in total. The third-order valence-corrected chi connectivity index (χ3v) is 4.48. The summed E-state index contributed by atoms with van der Waals surface area (Å²) in [5.74, 6) is 1.87. The molecule has 0 bridgehead atoms. The van der Waals surface area contributed by atoms with E-state index in [0.717, 1.165) is 18.3 Å². The lowest BCUT2D eigenvalue weighted by Gasteiger charge is -2.37. The van der Waals surface area contributed by atoms with Crippen LogP contribution in [0.1, 0.15) is 60.3 Å². The molecule has 1 fully saturated rings. The number of hydrogen-bond donors (Lipinski definition) is 0. The Labute approximate surface area is 99.8 Å². The van der Waals surface area contributed by atoms with Crippen LogP contribution < -0.4 is 0 Å². The first kappa shape index (κ1) is 13.5. The first-order valence-corrected chi connectivity index (χ1v) is 6.58. The predicted molar refractivity (Wildman–Crippen MR) is 66.1 cm³/mol. The zero-order valence-corrected chi connectivity index (χ0v) is 11.4. The van der Waals surface area contributed by atoms with E-state index in [2.05, 4.69) is 27.7 Å². The summed E-state index contributed by atoms with van der Waals surface area (Å²) in [6, 6.07) is 0. The Kier molecular flexibility index (Phi) is 4.40. The molecule has 4 atom stereocenters. The van der Waals surface area contributed by atoms with Crippen LogP contribution in [0.5, 0.6) is 0 Å². The minimum absolute atomic E-state index is 0.151. The summed E-state index contributed by atoms with van der Waals surface area (Å²) in [5.41, 5.74) is -0.277. The molecule has 0 aromatic rings. The van der Waals surface area contributed by atoms with Gasteiger partial charge in [0.15, 0.2) is 0 Å². The number of carbonyl (C=O) groups excluding carboxylic acids is 1. The number of rotatable bonds is 4. The Morgan fingerprint density at radius 3 is 2.50 bits per heavy atom. The van der Waals surface area contributed by atoms with E-state index in [1.54, 1.807) is 0 Å². The van der Waals surface area contributed by atoms with Crippen molar-refractivity contribution in [2.24, 2.45) is 17.8 Å². The molecule has 1 aliphatic rings. The minimum Gasteiger partial charge on any atom is -0.459 e. The summed E-state index contributed by atoms with van der Waals surface area (Å²) >= 11 is 0. The van der Waals surface area contributed by atoms with Gasteiger partial charge in [0.25, 0.3) is 0 Å². The van der Waals surface area contributed by atoms with Gasteiger partial charge in [-0.15, -0.1) is 0 Å². The molecule has 0 aromatic carbocycles. The van der Waals surface area contributed by atoms with Crippen molar-refractivity contribution in [3.05, 3.63) is 0 Å². The van der Waals surface area contributed by atoms with E-state index in [1.165, 1.54) is 26.2 Å². The smallest absolute Gasteiger partial charge is 0.303 e. The van der Waals surface area contributed by atoms with Crippen LogP contribution in [-0.4, -0.2) is 11.6 Å². The molecule has 0 aliphatic heterocycles. The molecule has 0 spiro atoms. The SMILES string of the molecule is CCC(C)(OC(C)=O)[C@H](C)C1CCC(C)C1. The molecule has 0 amide bonds. The third kappa shape index (κ3) is 2.99. The summed E-state index contributed by atoms with van der Waals surface area (Å²) in [6.45, 7) is 10.3. The molecule has 1 aliphatic carbocycles. The summed E-state index contributed by atoms with van der Waals surface area (Å²) < 4.78 is 5.56. The van der Waals surface area contributed by atoms with Gasteiger partial charge in [0.1, 0.15) is 5.60 Å². The lowest BCUT2D eigenvalue weighted by atomic mass is 9.77. The van der Waals surface area contributed by atoms with E-state index in [9.17, 15) is 4.79 Å². The van der Waals surface area contributed by atoms with E-state index < -0.39 is 0 Å². The van der Waals surface area contributed by atoms with Crippen molar-refractivity contribution in [3.8, 4) is 0 Å². The molecular formula is C14H26O2. The van der Waals surface area contributed by atoms with Gasteiger partial charge in [0.05, 0.1) is 0 Å². The van der Waals surface area contributed by atoms with Crippen LogP contribution in [0.3, 0.4) is 0 Å². The van der Waals surface area contributed by atoms with Crippen LogP contribution in [0.4, 0.5) is 0 Å². The first-order valence-electron chi connectivity index (χ1n) is 6.58. The van der Waals surface area contributed by atoms with E-state index in [1.807, 2.05) is 0 Å².